The smallest absolute Gasteiger partial charge is 0.351 e. The zero-order valence-electron chi connectivity index (χ0n) is 13.6. The van der Waals surface area contributed by atoms with Gasteiger partial charge < -0.3 is 9.80 Å². The van der Waals surface area contributed by atoms with Crippen molar-refractivity contribution < 1.29 is 22.0 Å². The van der Waals surface area contributed by atoms with Gasteiger partial charge in [-0.2, -0.15) is 18.3 Å². The molecule has 0 saturated carbocycles. The summed E-state index contributed by atoms with van der Waals surface area (Å²) in [7, 11) is 1.95. The molecule has 1 fully saturated rings. The van der Waals surface area contributed by atoms with Crippen LogP contribution in [0.2, 0.25) is 0 Å². The molecule has 0 unspecified atom stereocenters. The van der Waals surface area contributed by atoms with Crippen molar-refractivity contribution in [1.82, 2.24) is 24.5 Å². The van der Waals surface area contributed by atoms with Crippen LogP contribution in [0.25, 0.3) is 16.7 Å². The number of aromatic nitrogens is 4. The summed E-state index contributed by atoms with van der Waals surface area (Å²) in [4.78, 5) is 12.1. The number of piperazine rings is 1. The summed E-state index contributed by atoms with van der Waals surface area (Å²) in [5.41, 5.74) is -2.31. The van der Waals surface area contributed by atoms with Gasteiger partial charge in [-0.25, -0.2) is 23.3 Å². The zero-order valence-corrected chi connectivity index (χ0v) is 13.6. The van der Waals surface area contributed by atoms with Gasteiger partial charge in [-0.3, -0.25) is 0 Å². The van der Waals surface area contributed by atoms with E-state index in [2.05, 4.69) is 20.0 Å². The van der Waals surface area contributed by atoms with E-state index < -0.39 is 28.9 Å². The maximum atomic E-state index is 14.4. The molecule has 26 heavy (non-hydrogen) atoms. The second-order valence-corrected chi connectivity index (χ2v) is 6.14. The molecule has 0 radical (unpaired) electrons. The molecule has 11 heteroatoms. The molecule has 4 rings (SSSR count). The minimum atomic E-state index is -5.04. The molecular weight excluding hydrogens is 359 g/mol. The molecule has 1 aliphatic heterocycles. The third kappa shape index (κ3) is 2.54. The van der Waals surface area contributed by atoms with Crippen molar-refractivity contribution in [2.75, 3.05) is 38.1 Å². The first-order valence-electron chi connectivity index (χ1n) is 7.79. The van der Waals surface area contributed by atoms with Crippen LogP contribution in [-0.2, 0) is 6.18 Å². The van der Waals surface area contributed by atoms with E-state index in [-0.39, 0.29) is 17.0 Å². The van der Waals surface area contributed by atoms with Crippen LogP contribution in [-0.4, -0.2) is 57.7 Å². The standard InChI is InChI=1S/C15H13F5N6/c1-24-2-4-25(5-3-24)14-13-21-7-22-26(13)9-6-8(15(18,19)20)10(16)11(17)12(9)23-14/h6-7H,2-5H2,1H3. The minimum Gasteiger partial charge on any atom is -0.351 e. The molecule has 3 heterocycles. The van der Waals surface area contributed by atoms with Crippen LogP contribution in [0.1, 0.15) is 5.56 Å². The Morgan fingerprint density at radius 2 is 1.73 bits per heavy atom. The normalized spacial score (nSPS) is 16.8. The van der Waals surface area contributed by atoms with Gasteiger partial charge in [0.15, 0.2) is 23.1 Å². The van der Waals surface area contributed by atoms with Crippen molar-refractivity contribution in [3.05, 3.63) is 29.6 Å². The van der Waals surface area contributed by atoms with Crippen LogP contribution in [0, 0.1) is 11.6 Å². The molecule has 1 aromatic carbocycles. The van der Waals surface area contributed by atoms with E-state index in [1.807, 2.05) is 11.9 Å². The van der Waals surface area contributed by atoms with Gasteiger partial charge in [0.25, 0.3) is 0 Å². The van der Waals surface area contributed by atoms with Crippen LogP contribution < -0.4 is 4.90 Å². The van der Waals surface area contributed by atoms with Crippen molar-refractivity contribution in [2.45, 2.75) is 6.18 Å². The third-order valence-electron chi connectivity index (χ3n) is 4.46. The highest BCUT2D eigenvalue weighted by molar-refractivity contribution is 5.84. The van der Waals surface area contributed by atoms with Crippen LogP contribution in [0.4, 0.5) is 27.8 Å². The Labute approximate surface area is 143 Å². The summed E-state index contributed by atoms with van der Waals surface area (Å²) in [6.07, 6.45) is -3.90. The van der Waals surface area contributed by atoms with E-state index in [1.165, 1.54) is 0 Å². The molecule has 138 valence electrons. The van der Waals surface area contributed by atoms with E-state index in [4.69, 9.17) is 0 Å². The number of hydrogen-bond acceptors (Lipinski definition) is 5. The Morgan fingerprint density at radius 3 is 2.38 bits per heavy atom. The number of nitrogens with zero attached hydrogens (tertiary/aromatic N) is 6. The minimum absolute atomic E-state index is 0.196. The number of rotatable bonds is 1. The Balaban J connectivity index is 1.99. The van der Waals surface area contributed by atoms with E-state index in [0.29, 0.717) is 19.2 Å². The molecule has 0 amide bonds. The fourth-order valence-electron chi connectivity index (χ4n) is 3.03. The van der Waals surface area contributed by atoms with Crippen molar-refractivity contribution in [2.24, 2.45) is 0 Å². The highest BCUT2D eigenvalue weighted by Crippen LogP contribution is 2.36. The molecule has 0 aliphatic carbocycles. The average molecular weight is 372 g/mol. The SMILES string of the molecule is CN1CCN(c2nc3c(F)c(F)c(C(F)(F)F)cc3n3ncnc23)CC1. The summed E-state index contributed by atoms with van der Waals surface area (Å²) in [6, 6.07) is 0.510. The molecule has 0 spiro atoms. The molecule has 6 nitrogen and oxygen atoms in total. The first kappa shape index (κ1) is 16.9. The lowest BCUT2D eigenvalue weighted by Gasteiger charge is -2.33. The van der Waals surface area contributed by atoms with Gasteiger partial charge in [0.1, 0.15) is 11.8 Å². The summed E-state index contributed by atoms with van der Waals surface area (Å²) in [5, 5.41) is 3.88. The Morgan fingerprint density at radius 1 is 1.04 bits per heavy atom. The van der Waals surface area contributed by atoms with Gasteiger partial charge >= 0.3 is 6.18 Å². The maximum Gasteiger partial charge on any atom is 0.419 e. The fraction of sp³-hybridized carbons (Fsp3) is 0.400. The van der Waals surface area contributed by atoms with Crippen LogP contribution in [0.3, 0.4) is 0 Å². The van der Waals surface area contributed by atoms with E-state index >= 15 is 0 Å². The highest BCUT2D eigenvalue weighted by Gasteiger charge is 2.37. The lowest BCUT2D eigenvalue weighted by atomic mass is 10.1. The topological polar surface area (TPSA) is 49.6 Å². The number of alkyl halides is 3. The lowest BCUT2D eigenvalue weighted by Crippen LogP contribution is -2.45. The maximum absolute atomic E-state index is 14.4. The van der Waals surface area contributed by atoms with Crippen LogP contribution >= 0.6 is 0 Å². The Bertz CT molecular complexity index is 990. The summed E-state index contributed by atoms with van der Waals surface area (Å²) in [5.74, 6) is -3.36. The molecule has 0 bridgehead atoms. The molecular formula is C15H13F5N6. The Kier molecular flexibility index (Phi) is 3.72. The van der Waals surface area contributed by atoms with E-state index in [0.717, 1.165) is 23.9 Å². The van der Waals surface area contributed by atoms with Crippen LogP contribution in [0.5, 0.6) is 0 Å². The Hall–Kier alpha value is -2.56. The number of fused-ring (bicyclic) bond motifs is 3. The van der Waals surface area contributed by atoms with Crippen molar-refractivity contribution >= 4 is 22.5 Å². The molecule has 3 aromatic rings. The number of likely N-dealkylation sites (N-methyl/N-ethyl adjacent to an activating group) is 1. The van der Waals surface area contributed by atoms with Crippen molar-refractivity contribution in [1.29, 1.82) is 0 Å². The van der Waals surface area contributed by atoms with Crippen molar-refractivity contribution in [3.8, 4) is 0 Å². The zero-order chi connectivity index (χ0) is 18.6. The van der Waals surface area contributed by atoms with E-state index in [9.17, 15) is 22.0 Å². The second kappa shape index (κ2) is 5.73. The predicted molar refractivity (Wildman–Crippen MR) is 82.9 cm³/mol. The number of anilines is 1. The monoisotopic (exact) mass is 372 g/mol. The third-order valence-corrected chi connectivity index (χ3v) is 4.46. The summed E-state index contributed by atoms with van der Waals surface area (Å²) in [6.45, 7) is 2.60. The van der Waals surface area contributed by atoms with Gasteiger partial charge in [-0.05, 0) is 13.1 Å². The first-order chi connectivity index (χ1) is 12.3. The average Bonchev–Trinajstić information content (AvgIpc) is 3.07. The summed E-state index contributed by atoms with van der Waals surface area (Å²) >= 11 is 0. The first-order valence-corrected chi connectivity index (χ1v) is 7.79. The second-order valence-electron chi connectivity index (χ2n) is 6.14. The number of halogens is 5. The molecule has 0 N–H and O–H groups in total. The van der Waals surface area contributed by atoms with Gasteiger partial charge in [-0.15, -0.1) is 0 Å². The van der Waals surface area contributed by atoms with Crippen LogP contribution in [0.15, 0.2) is 12.4 Å². The summed E-state index contributed by atoms with van der Waals surface area (Å²) < 4.78 is 68.5. The van der Waals surface area contributed by atoms with Gasteiger partial charge in [0, 0.05) is 26.2 Å². The largest absolute Gasteiger partial charge is 0.419 e. The molecule has 1 aliphatic rings. The molecule has 0 atom stereocenters. The number of benzene rings is 1. The predicted octanol–water partition coefficient (Wildman–Crippen LogP) is 2.33. The quantitative estimate of drug-likeness (QED) is 0.614. The molecule has 2 aromatic heterocycles. The molecule has 1 saturated heterocycles. The fourth-order valence-corrected chi connectivity index (χ4v) is 3.03. The number of hydrogen-bond donors (Lipinski definition) is 0. The highest BCUT2D eigenvalue weighted by atomic mass is 19.4. The lowest BCUT2D eigenvalue weighted by molar-refractivity contribution is -0.140. The van der Waals surface area contributed by atoms with Gasteiger partial charge in [0.05, 0.1) is 11.1 Å². The van der Waals surface area contributed by atoms with Crippen molar-refractivity contribution in [3.63, 3.8) is 0 Å². The van der Waals surface area contributed by atoms with E-state index in [1.54, 1.807) is 0 Å². The van der Waals surface area contributed by atoms with Gasteiger partial charge in [-0.1, -0.05) is 0 Å². The van der Waals surface area contributed by atoms with Gasteiger partial charge in [0.2, 0.25) is 0 Å².